The Labute approximate surface area is 125 Å². The van der Waals surface area contributed by atoms with Crippen molar-refractivity contribution >= 4 is 34.2 Å². The van der Waals surface area contributed by atoms with Crippen LogP contribution in [-0.2, 0) is 0 Å². The molecule has 6 heteroatoms. The zero-order valence-corrected chi connectivity index (χ0v) is 11.8. The first-order valence-electron chi connectivity index (χ1n) is 5.80. The number of imidazole rings is 1. The van der Waals surface area contributed by atoms with Crippen LogP contribution < -0.4 is 0 Å². The number of hydrogen-bond acceptors (Lipinski definition) is 2. The lowest BCUT2D eigenvalue weighted by molar-refractivity contribution is 0.0697. The summed E-state index contributed by atoms with van der Waals surface area (Å²) < 4.78 is 13.6. The number of H-pyrrole nitrogens is 1. The molecule has 0 amide bonds. The molecule has 0 radical (unpaired) electrons. The van der Waals surface area contributed by atoms with Gasteiger partial charge in [0, 0.05) is 5.57 Å². The van der Waals surface area contributed by atoms with Crippen molar-refractivity contribution in [1.82, 2.24) is 9.97 Å². The van der Waals surface area contributed by atoms with E-state index in [0.29, 0.717) is 16.6 Å². The predicted octanol–water partition coefficient (Wildman–Crippen LogP) is 3.80. The maximum Gasteiger partial charge on any atom is 0.335 e. The molecule has 1 aromatic carbocycles. The maximum absolute atomic E-state index is 13.6. The Morgan fingerprint density at radius 3 is 2.76 bits per heavy atom. The van der Waals surface area contributed by atoms with Gasteiger partial charge in [0.25, 0.3) is 0 Å². The van der Waals surface area contributed by atoms with E-state index >= 15 is 0 Å². The maximum atomic E-state index is 13.6. The fourth-order valence-electron chi connectivity index (χ4n) is 1.90. The third-order valence-electron chi connectivity index (χ3n) is 2.89. The predicted molar refractivity (Wildman–Crippen MR) is 79.7 cm³/mol. The van der Waals surface area contributed by atoms with E-state index in [-0.39, 0.29) is 22.0 Å². The van der Waals surface area contributed by atoms with E-state index in [1.165, 1.54) is 12.1 Å². The SMILES string of the molecule is C#C/C(C)=C(\C(=C)F)c1nc2c(Cl)cc(C(=O)O)cc2[nH]1. The van der Waals surface area contributed by atoms with Crippen LogP contribution in [0.2, 0.25) is 5.02 Å². The van der Waals surface area contributed by atoms with Crippen LogP contribution in [0.25, 0.3) is 16.6 Å². The number of nitrogens with zero attached hydrogens (tertiary/aromatic N) is 1. The van der Waals surface area contributed by atoms with Gasteiger partial charge < -0.3 is 10.1 Å². The van der Waals surface area contributed by atoms with Crippen molar-refractivity contribution in [1.29, 1.82) is 0 Å². The Morgan fingerprint density at radius 2 is 2.24 bits per heavy atom. The Hall–Kier alpha value is -2.58. The fraction of sp³-hybridized carbons (Fsp3) is 0.0667. The van der Waals surface area contributed by atoms with Gasteiger partial charge >= 0.3 is 5.97 Å². The Balaban J connectivity index is 2.74. The summed E-state index contributed by atoms with van der Waals surface area (Å²) in [6.07, 6.45) is 5.27. The minimum Gasteiger partial charge on any atom is -0.478 e. The average Bonchev–Trinajstić information content (AvgIpc) is 2.82. The Bertz CT molecular complexity index is 843. The smallest absolute Gasteiger partial charge is 0.335 e. The molecule has 21 heavy (non-hydrogen) atoms. The number of terminal acetylenes is 1. The molecule has 1 heterocycles. The number of carbonyl (C=O) groups is 1. The number of fused-ring (bicyclic) bond motifs is 1. The van der Waals surface area contributed by atoms with Gasteiger partial charge in [-0.3, -0.25) is 0 Å². The summed E-state index contributed by atoms with van der Waals surface area (Å²) in [6.45, 7) is 4.79. The topological polar surface area (TPSA) is 66.0 Å². The van der Waals surface area contributed by atoms with Crippen LogP contribution in [0.4, 0.5) is 4.39 Å². The molecule has 0 atom stereocenters. The van der Waals surface area contributed by atoms with Crippen LogP contribution >= 0.6 is 11.6 Å². The van der Waals surface area contributed by atoms with E-state index in [0.717, 1.165) is 0 Å². The monoisotopic (exact) mass is 304 g/mol. The first kappa shape index (κ1) is 14.8. The van der Waals surface area contributed by atoms with E-state index in [1.54, 1.807) is 6.92 Å². The number of rotatable bonds is 3. The van der Waals surface area contributed by atoms with Gasteiger partial charge in [-0.05, 0) is 19.1 Å². The van der Waals surface area contributed by atoms with Gasteiger partial charge in [0.05, 0.1) is 21.7 Å². The van der Waals surface area contributed by atoms with Crippen LogP contribution in [0.15, 0.2) is 30.1 Å². The summed E-state index contributed by atoms with van der Waals surface area (Å²) in [4.78, 5) is 18.0. The second-order valence-electron chi connectivity index (χ2n) is 4.29. The first-order chi connectivity index (χ1) is 9.85. The van der Waals surface area contributed by atoms with Gasteiger partial charge in [-0.25, -0.2) is 14.2 Å². The van der Waals surface area contributed by atoms with Gasteiger partial charge in [0.2, 0.25) is 0 Å². The summed E-state index contributed by atoms with van der Waals surface area (Å²) >= 11 is 6.00. The van der Waals surface area contributed by atoms with Crippen LogP contribution in [0.3, 0.4) is 0 Å². The lowest BCUT2D eigenvalue weighted by Gasteiger charge is -2.01. The molecule has 0 aliphatic heterocycles. The minimum atomic E-state index is -1.12. The molecular weight excluding hydrogens is 295 g/mol. The molecule has 0 saturated carbocycles. The lowest BCUT2D eigenvalue weighted by atomic mass is 10.1. The van der Waals surface area contributed by atoms with Gasteiger partial charge in [0.1, 0.15) is 17.2 Å². The van der Waals surface area contributed by atoms with Gasteiger partial charge in [-0.2, -0.15) is 0 Å². The molecule has 0 spiro atoms. The van der Waals surface area contributed by atoms with Crippen LogP contribution in [0, 0.1) is 12.3 Å². The highest BCUT2D eigenvalue weighted by atomic mass is 35.5. The Morgan fingerprint density at radius 1 is 1.57 bits per heavy atom. The highest BCUT2D eigenvalue weighted by Gasteiger charge is 2.17. The molecule has 0 bridgehead atoms. The van der Waals surface area contributed by atoms with Gasteiger partial charge in [0.15, 0.2) is 0 Å². The number of aromatic amines is 1. The van der Waals surface area contributed by atoms with Gasteiger partial charge in [-0.1, -0.05) is 24.1 Å². The van der Waals surface area contributed by atoms with Crippen LogP contribution in [0.1, 0.15) is 23.1 Å². The summed E-state index contributed by atoms with van der Waals surface area (Å²) in [6, 6.07) is 2.64. The largest absolute Gasteiger partial charge is 0.478 e. The number of carboxylic acids is 1. The lowest BCUT2D eigenvalue weighted by Crippen LogP contribution is -1.95. The number of carboxylic acid groups (broad SMARTS) is 1. The standard InChI is InChI=1S/C15H10ClFN2O2/c1-4-7(2)12(8(3)17)14-18-11-6-9(15(20)21)5-10(16)13(11)19-14/h1,5-6H,3H2,2H3,(H,18,19)(H,20,21)/b12-7+. The van der Waals surface area contributed by atoms with Crippen molar-refractivity contribution in [3.63, 3.8) is 0 Å². The second-order valence-corrected chi connectivity index (χ2v) is 4.70. The van der Waals surface area contributed by atoms with Crippen LogP contribution in [0.5, 0.6) is 0 Å². The molecule has 0 fully saturated rings. The van der Waals surface area contributed by atoms with Crippen molar-refractivity contribution < 1.29 is 14.3 Å². The number of aromatic carboxylic acids is 1. The van der Waals surface area contributed by atoms with Crippen molar-refractivity contribution in [3.05, 3.63) is 46.5 Å². The van der Waals surface area contributed by atoms with E-state index < -0.39 is 11.8 Å². The number of aromatic nitrogens is 2. The molecule has 0 unspecified atom stereocenters. The number of benzene rings is 1. The zero-order valence-electron chi connectivity index (χ0n) is 11.0. The van der Waals surface area contributed by atoms with E-state index in [1.807, 2.05) is 0 Å². The number of hydrogen-bond donors (Lipinski definition) is 2. The first-order valence-corrected chi connectivity index (χ1v) is 6.18. The Kier molecular flexibility index (Phi) is 3.83. The van der Waals surface area contributed by atoms with E-state index in [4.69, 9.17) is 23.1 Å². The summed E-state index contributed by atoms with van der Waals surface area (Å²) in [5.41, 5.74) is 1.08. The highest BCUT2D eigenvalue weighted by Crippen LogP contribution is 2.29. The molecule has 2 N–H and O–H groups in total. The van der Waals surface area contributed by atoms with Gasteiger partial charge in [-0.15, -0.1) is 6.42 Å². The second kappa shape index (κ2) is 5.43. The number of allylic oxidation sites excluding steroid dienone is 3. The van der Waals surface area contributed by atoms with Crippen molar-refractivity contribution in [3.8, 4) is 12.3 Å². The number of nitrogens with one attached hydrogen (secondary N) is 1. The molecule has 106 valence electrons. The van der Waals surface area contributed by atoms with Crippen molar-refractivity contribution in [2.75, 3.05) is 0 Å². The van der Waals surface area contributed by atoms with Crippen LogP contribution in [-0.4, -0.2) is 21.0 Å². The molecule has 1 aromatic heterocycles. The molecule has 0 aliphatic rings. The zero-order chi connectivity index (χ0) is 15.7. The fourth-order valence-corrected chi connectivity index (χ4v) is 2.16. The van der Waals surface area contributed by atoms with E-state index in [2.05, 4.69) is 22.5 Å². The summed E-state index contributed by atoms with van der Waals surface area (Å²) in [7, 11) is 0. The molecule has 2 rings (SSSR count). The molecule has 4 nitrogen and oxygen atoms in total. The van der Waals surface area contributed by atoms with Crippen molar-refractivity contribution in [2.24, 2.45) is 0 Å². The third kappa shape index (κ3) is 2.67. The average molecular weight is 305 g/mol. The third-order valence-corrected chi connectivity index (χ3v) is 3.17. The molecule has 0 aliphatic carbocycles. The number of halogens is 2. The van der Waals surface area contributed by atoms with E-state index in [9.17, 15) is 9.18 Å². The highest BCUT2D eigenvalue weighted by molar-refractivity contribution is 6.35. The minimum absolute atomic E-state index is 0.000904. The summed E-state index contributed by atoms with van der Waals surface area (Å²) in [5.74, 6) is 0.614. The normalized spacial score (nSPS) is 11.9. The summed E-state index contributed by atoms with van der Waals surface area (Å²) in [5, 5.41) is 9.14. The quantitative estimate of drug-likeness (QED) is 0.669. The molecule has 0 saturated heterocycles. The van der Waals surface area contributed by atoms with Crippen molar-refractivity contribution in [2.45, 2.75) is 6.92 Å². The molecular formula is C15H10ClFN2O2. The molecule has 2 aromatic rings.